The summed E-state index contributed by atoms with van der Waals surface area (Å²) in [5.74, 6) is 0. The summed E-state index contributed by atoms with van der Waals surface area (Å²) in [6.45, 7) is 8.71. The number of nitrogens with zero attached hydrogens (tertiary/aromatic N) is 2. The average molecular weight is 182 g/mol. The van der Waals surface area contributed by atoms with Crippen LogP contribution in [0.2, 0.25) is 0 Å². The molecule has 0 N–H and O–H groups in total. The second-order valence-electron chi connectivity index (χ2n) is 3.20. The van der Waals surface area contributed by atoms with Gasteiger partial charge in [0, 0.05) is 25.5 Å². The average Bonchev–Trinajstić information content (AvgIpc) is 2.39. The first-order valence-corrected chi connectivity index (χ1v) is 4.83. The fourth-order valence-electron chi connectivity index (χ4n) is 1.36. The van der Waals surface area contributed by atoms with Gasteiger partial charge in [-0.1, -0.05) is 0 Å². The Morgan fingerprint density at radius 3 is 2.77 bits per heavy atom. The number of aryl methyl sites for hydroxylation is 3. The van der Waals surface area contributed by atoms with Gasteiger partial charge in [-0.25, -0.2) is 0 Å². The van der Waals surface area contributed by atoms with Gasteiger partial charge in [-0.3, -0.25) is 4.68 Å². The van der Waals surface area contributed by atoms with Crippen molar-refractivity contribution in [3.8, 4) is 0 Å². The van der Waals surface area contributed by atoms with Crippen molar-refractivity contribution in [2.24, 2.45) is 0 Å². The molecule has 74 valence electrons. The minimum atomic E-state index is 0.803. The van der Waals surface area contributed by atoms with E-state index in [0.717, 1.165) is 31.9 Å². The molecule has 1 rings (SSSR count). The zero-order chi connectivity index (χ0) is 9.68. The number of rotatable bonds is 5. The normalized spacial score (nSPS) is 10.7. The lowest BCUT2D eigenvalue weighted by atomic mass is 10.4. The van der Waals surface area contributed by atoms with Gasteiger partial charge in [0.05, 0.1) is 5.69 Å². The van der Waals surface area contributed by atoms with E-state index in [2.05, 4.69) is 18.1 Å². The molecule has 13 heavy (non-hydrogen) atoms. The Morgan fingerprint density at radius 1 is 1.46 bits per heavy atom. The number of hydrogen-bond donors (Lipinski definition) is 0. The van der Waals surface area contributed by atoms with Gasteiger partial charge >= 0.3 is 0 Å². The zero-order valence-electron chi connectivity index (χ0n) is 8.71. The monoisotopic (exact) mass is 182 g/mol. The van der Waals surface area contributed by atoms with Gasteiger partial charge in [0.25, 0.3) is 0 Å². The largest absolute Gasteiger partial charge is 0.382 e. The predicted molar refractivity (Wildman–Crippen MR) is 52.8 cm³/mol. The van der Waals surface area contributed by atoms with Crippen LogP contribution in [0.5, 0.6) is 0 Å². The zero-order valence-corrected chi connectivity index (χ0v) is 8.71. The smallest absolute Gasteiger partial charge is 0.0596 e. The maximum Gasteiger partial charge on any atom is 0.0596 e. The molecule has 1 aromatic rings. The maximum absolute atomic E-state index is 5.26. The molecule has 3 heteroatoms. The molecule has 0 unspecified atom stereocenters. The summed E-state index contributed by atoms with van der Waals surface area (Å²) < 4.78 is 7.30. The van der Waals surface area contributed by atoms with Crippen LogP contribution in [0.4, 0.5) is 0 Å². The Hall–Kier alpha value is -0.830. The summed E-state index contributed by atoms with van der Waals surface area (Å²) in [5, 5.41) is 4.37. The van der Waals surface area contributed by atoms with E-state index in [4.69, 9.17) is 4.74 Å². The first-order chi connectivity index (χ1) is 6.24. The summed E-state index contributed by atoms with van der Waals surface area (Å²) in [6.07, 6.45) is 1.04. The third-order valence-electron chi connectivity index (χ3n) is 1.97. The standard InChI is InChI=1S/C10H18N2O/c1-4-13-7-5-6-12-10(3)8-9(2)11-12/h8H,4-7H2,1-3H3. The van der Waals surface area contributed by atoms with Crippen LogP contribution in [0, 0.1) is 13.8 Å². The van der Waals surface area contributed by atoms with Gasteiger partial charge in [0.2, 0.25) is 0 Å². The van der Waals surface area contributed by atoms with Gasteiger partial charge < -0.3 is 4.74 Å². The maximum atomic E-state index is 5.26. The molecule has 0 aromatic carbocycles. The molecule has 0 aliphatic carbocycles. The molecule has 0 aliphatic heterocycles. The van der Waals surface area contributed by atoms with E-state index in [1.807, 2.05) is 18.5 Å². The number of ether oxygens (including phenoxy) is 1. The highest BCUT2D eigenvalue weighted by Crippen LogP contribution is 2.02. The topological polar surface area (TPSA) is 27.1 Å². The minimum absolute atomic E-state index is 0.803. The Kier molecular flexibility index (Phi) is 3.96. The molecule has 0 amide bonds. The molecule has 0 fully saturated rings. The van der Waals surface area contributed by atoms with Gasteiger partial charge in [-0.15, -0.1) is 0 Å². The van der Waals surface area contributed by atoms with E-state index in [-0.39, 0.29) is 0 Å². The van der Waals surface area contributed by atoms with Crippen molar-refractivity contribution in [2.45, 2.75) is 33.7 Å². The molecule has 0 saturated heterocycles. The van der Waals surface area contributed by atoms with Gasteiger partial charge in [-0.2, -0.15) is 5.10 Å². The lowest BCUT2D eigenvalue weighted by Crippen LogP contribution is -2.05. The molecule has 0 atom stereocenters. The van der Waals surface area contributed by atoms with Gasteiger partial charge in [-0.05, 0) is 33.3 Å². The van der Waals surface area contributed by atoms with E-state index in [1.54, 1.807) is 0 Å². The highest BCUT2D eigenvalue weighted by Gasteiger charge is 1.99. The second kappa shape index (κ2) is 5.02. The van der Waals surface area contributed by atoms with E-state index in [1.165, 1.54) is 5.69 Å². The summed E-state index contributed by atoms with van der Waals surface area (Å²) in [6, 6.07) is 2.10. The molecular weight excluding hydrogens is 164 g/mol. The van der Waals surface area contributed by atoms with Crippen LogP contribution in [0.3, 0.4) is 0 Å². The van der Waals surface area contributed by atoms with Gasteiger partial charge in [0.1, 0.15) is 0 Å². The van der Waals surface area contributed by atoms with E-state index in [0.29, 0.717) is 0 Å². The lowest BCUT2D eigenvalue weighted by molar-refractivity contribution is 0.140. The summed E-state index contributed by atoms with van der Waals surface area (Å²) >= 11 is 0. The molecule has 0 bridgehead atoms. The van der Waals surface area contributed by atoms with Crippen LogP contribution >= 0.6 is 0 Å². The third-order valence-corrected chi connectivity index (χ3v) is 1.97. The van der Waals surface area contributed by atoms with Crippen molar-refractivity contribution in [3.63, 3.8) is 0 Å². The van der Waals surface area contributed by atoms with Crippen LogP contribution < -0.4 is 0 Å². The Labute approximate surface area is 79.7 Å². The van der Waals surface area contributed by atoms with Crippen molar-refractivity contribution < 1.29 is 4.74 Å². The van der Waals surface area contributed by atoms with Crippen molar-refractivity contribution in [1.29, 1.82) is 0 Å². The molecular formula is C10H18N2O. The molecule has 3 nitrogen and oxygen atoms in total. The first kappa shape index (κ1) is 10.3. The highest BCUT2D eigenvalue weighted by molar-refractivity contribution is 5.06. The molecule has 0 spiro atoms. The lowest BCUT2D eigenvalue weighted by Gasteiger charge is -2.03. The quantitative estimate of drug-likeness (QED) is 0.650. The summed E-state index contributed by atoms with van der Waals surface area (Å²) in [4.78, 5) is 0. The fraction of sp³-hybridized carbons (Fsp3) is 0.700. The number of aromatic nitrogens is 2. The fourth-order valence-corrected chi connectivity index (χ4v) is 1.36. The van der Waals surface area contributed by atoms with Crippen LogP contribution in [-0.2, 0) is 11.3 Å². The van der Waals surface area contributed by atoms with Crippen molar-refractivity contribution in [3.05, 3.63) is 17.5 Å². The summed E-state index contributed by atoms with van der Waals surface area (Å²) in [5.41, 5.74) is 2.32. The van der Waals surface area contributed by atoms with Crippen molar-refractivity contribution >= 4 is 0 Å². The SMILES string of the molecule is CCOCCCn1nc(C)cc1C. The molecule has 1 aromatic heterocycles. The highest BCUT2D eigenvalue weighted by atomic mass is 16.5. The molecule has 1 heterocycles. The third kappa shape index (κ3) is 3.19. The second-order valence-corrected chi connectivity index (χ2v) is 3.20. The van der Waals surface area contributed by atoms with Gasteiger partial charge in [0.15, 0.2) is 0 Å². The number of hydrogen-bond acceptors (Lipinski definition) is 2. The van der Waals surface area contributed by atoms with E-state index >= 15 is 0 Å². The van der Waals surface area contributed by atoms with E-state index in [9.17, 15) is 0 Å². The van der Waals surface area contributed by atoms with Crippen molar-refractivity contribution in [1.82, 2.24) is 9.78 Å². The molecule has 0 saturated carbocycles. The minimum Gasteiger partial charge on any atom is -0.382 e. The molecule has 0 radical (unpaired) electrons. The van der Waals surface area contributed by atoms with Crippen molar-refractivity contribution in [2.75, 3.05) is 13.2 Å². The Bertz CT molecular complexity index is 255. The van der Waals surface area contributed by atoms with Crippen LogP contribution in [0.15, 0.2) is 6.07 Å². The van der Waals surface area contributed by atoms with Crippen LogP contribution in [0.1, 0.15) is 24.7 Å². The molecule has 0 aliphatic rings. The van der Waals surface area contributed by atoms with E-state index < -0.39 is 0 Å². The van der Waals surface area contributed by atoms with Crippen LogP contribution in [0.25, 0.3) is 0 Å². The Balaban J connectivity index is 2.32. The predicted octanol–water partition coefficient (Wildman–Crippen LogP) is 1.93. The first-order valence-electron chi connectivity index (χ1n) is 4.83. The Morgan fingerprint density at radius 2 is 2.23 bits per heavy atom. The summed E-state index contributed by atoms with van der Waals surface area (Å²) in [7, 11) is 0. The van der Waals surface area contributed by atoms with Crippen LogP contribution in [-0.4, -0.2) is 23.0 Å².